The van der Waals surface area contributed by atoms with Gasteiger partial charge in [0.2, 0.25) is 0 Å². The second-order valence-corrected chi connectivity index (χ2v) is 14.9. The minimum atomic E-state index is -1.87. The van der Waals surface area contributed by atoms with E-state index in [0.717, 1.165) is 14.2 Å². The number of hydrogen-bond donors (Lipinski definition) is 4. The number of Topliss-reactive ketones (excluding diaryl/α,β-unsaturated/α-hetero) is 2. The second-order valence-electron chi connectivity index (χ2n) is 14.9. The Bertz CT molecular complexity index is 2150. The van der Waals surface area contributed by atoms with Crippen LogP contribution in [0.3, 0.4) is 0 Å². The third-order valence-corrected chi connectivity index (χ3v) is 11.4. The summed E-state index contributed by atoms with van der Waals surface area (Å²) in [6.45, 7) is 5.79. The smallest absolute Gasteiger partial charge is 0.317 e. The first-order valence-electron chi connectivity index (χ1n) is 17.2. The summed E-state index contributed by atoms with van der Waals surface area (Å²) >= 11 is 0. The molecule has 4 aliphatic heterocycles. The van der Waals surface area contributed by atoms with Crippen LogP contribution >= 0.6 is 0 Å². The zero-order valence-electron chi connectivity index (χ0n) is 30.5. The third kappa shape index (κ3) is 4.81. The van der Waals surface area contributed by atoms with Crippen LogP contribution in [-0.2, 0) is 57.2 Å². The summed E-state index contributed by atoms with van der Waals surface area (Å²) in [4.78, 5) is 76.3. The number of esters is 4. The Hall–Kier alpha value is -6.14. The predicted octanol–water partition coefficient (Wildman–Crippen LogP) is 2.04. The van der Waals surface area contributed by atoms with E-state index in [2.05, 4.69) is 9.47 Å². The summed E-state index contributed by atoms with van der Waals surface area (Å²) in [5.41, 5.74) is -8.24. The van der Waals surface area contributed by atoms with Crippen LogP contribution in [0.1, 0.15) is 51.7 Å². The number of rotatable bonds is 7. The maximum absolute atomic E-state index is 13.7. The van der Waals surface area contributed by atoms with Gasteiger partial charge in [0.25, 0.3) is 0 Å². The van der Waals surface area contributed by atoms with E-state index in [-0.39, 0.29) is 44.9 Å². The zero-order valence-corrected chi connectivity index (χ0v) is 30.5. The van der Waals surface area contributed by atoms with E-state index in [1.54, 1.807) is 0 Å². The van der Waals surface area contributed by atoms with Gasteiger partial charge < -0.3 is 58.3 Å². The lowest BCUT2D eigenvalue weighted by Crippen LogP contribution is -2.62. The fraction of sp³-hybridized carbons (Fsp3) is 0.421. The minimum Gasteiger partial charge on any atom is -0.506 e. The molecule has 4 N–H and O–H groups in total. The molecule has 4 fully saturated rings. The molecule has 4 heterocycles. The molecule has 2 saturated carbocycles. The number of methoxy groups -OCH3 is 2. The largest absolute Gasteiger partial charge is 0.506 e. The zero-order chi connectivity index (χ0) is 40.6. The van der Waals surface area contributed by atoms with Crippen LogP contribution in [0, 0.1) is 0 Å². The maximum atomic E-state index is 13.7. The molecule has 6 aliphatic rings. The van der Waals surface area contributed by atoms with Crippen molar-refractivity contribution >= 4 is 47.0 Å². The lowest BCUT2D eigenvalue weighted by atomic mass is 9.70. The number of benzene rings is 2. The van der Waals surface area contributed by atoms with Crippen molar-refractivity contribution < 1.29 is 87.1 Å². The Morgan fingerprint density at radius 1 is 0.607 bits per heavy atom. The summed E-state index contributed by atoms with van der Waals surface area (Å²) in [5, 5.41) is 46.8. The average molecular weight is 779 g/mol. The van der Waals surface area contributed by atoms with Crippen molar-refractivity contribution in [2.24, 2.45) is 0 Å². The standard InChI is InChI=1S/C38H34O18/c1-35-23(29(47)31-37(3,55-31)33(35)51-19(41)11-17(39)49-5)27(45)21-15(53-35)9-7-13(25(21)43)14-8-10-16-22(26(14)44)28(46)24-30(48)32-38(4,56-32)34(36(24,2)54-16)52-20(42)12-18(40)50-6/h7-10,31-34,43-46H,11-12H2,1-6H3/t31-,32-,33+,34+,35+,36+,37-,38-/m0/s1. The predicted molar refractivity (Wildman–Crippen MR) is 182 cm³/mol. The number of carbonyl (C=O) groups excluding carboxylic acids is 6. The molecule has 0 spiro atoms. The number of hydrogen-bond acceptors (Lipinski definition) is 18. The molecule has 8 rings (SSSR count). The van der Waals surface area contributed by atoms with Crippen molar-refractivity contribution in [3.63, 3.8) is 0 Å². The molecule has 0 amide bonds. The molecule has 2 aromatic rings. The van der Waals surface area contributed by atoms with Crippen LogP contribution in [0.15, 0.2) is 35.4 Å². The molecule has 2 aliphatic carbocycles. The number of fused-ring (bicyclic) bond motifs is 6. The summed E-state index contributed by atoms with van der Waals surface area (Å²) in [5.74, 6) is -8.33. The van der Waals surface area contributed by atoms with Crippen molar-refractivity contribution in [2.45, 2.75) is 87.4 Å². The van der Waals surface area contributed by atoms with Crippen molar-refractivity contribution in [3.05, 3.63) is 46.5 Å². The van der Waals surface area contributed by atoms with E-state index >= 15 is 0 Å². The molecule has 18 heteroatoms. The Balaban J connectivity index is 1.18. The fourth-order valence-corrected chi connectivity index (χ4v) is 8.59. The normalized spacial score (nSPS) is 32.8. The highest BCUT2D eigenvalue weighted by molar-refractivity contribution is 6.12. The van der Waals surface area contributed by atoms with Gasteiger partial charge in [0.05, 0.1) is 25.4 Å². The molecule has 0 radical (unpaired) electrons. The number of aliphatic hydroxyl groups is 2. The van der Waals surface area contributed by atoms with Crippen LogP contribution in [0.4, 0.5) is 0 Å². The number of ether oxygens (including phenoxy) is 8. The van der Waals surface area contributed by atoms with Gasteiger partial charge in [-0.05, 0) is 52.0 Å². The highest BCUT2D eigenvalue weighted by atomic mass is 16.7. The molecule has 18 nitrogen and oxygen atoms in total. The number of aliphatic hydroxyl groups excluding tert-OH is 2. The first-order valence-corrected chi connectivity index (χ1v) is 17.2. The highest BCUT2D eigenvalue weighted by Crippen LogP contribution is 2.61. The molecule has 294 valence electrons. The summed E-state index contributed by atoms with van der Waals surface area (Å²) in [6.07, 6.45) is -6.54. The van der Waals surface area contributed by atoms with Crippen molar-refractivity contribution in [1.82, 2.24) is 0 Å². The van der Waals surface area contributed by atoms with Gasteiger partial charge in [-0.15, -0.1) is 0 Å². The summed E-state index contributed by atoms with van der Waals surface area (Å²) < 4.78 is 44.1. The number of aromatic hydroxyl groups is 2. The summed E-state index contributed by atoms with van der Waals surface area (Å²) in [6, 6.07) is 5.25. The van der Waals surface area contributed by atoms with Gasteiger partial charge in [-0.3, -0.25) is 28.8 Å². The number of phenolic OH excluding ortho intramolecular Hbond substituents is 2. The SMILES string of the molecule is COC(=O)CC(=O)O[C@H]1[C@@]2(C)O[C@H]2C(=O)C2=C(O)c3c(ccc(-c4ccc5c(c4O)C(O)=C4C(=O)[C@@H]6O[C@]6(C)[C@H](OC(=O)CC(=O)OC)[C@]4(C)O5)c3O)O[C@]21C. The van der Waals surface area contributed by atoms with Crippen LogP contribution < -0.4 is 9.47 Å². The lowest BCUT2D eigenvalue weighted by Gasteiger charge is -2.45. The number of ketones is 2. The van der Waals surface area contributed by atoms with Crippen molar-refractivity contribution in [2.75, 3.05) is 14.2 Å². The van der Waals surface area contributed by atoms with Gasteiger partial charge in [-0.1, -0.05) is 0 Å². The monoisotopic (exact) mass is 778 g/mol. The molecule has 0 aromatic heterocycles. The minimum absolute atomic E-state index is 0.131. The third-order valence-electron chi connectivity index (χ3n) is 11.4. The summed E-state index contributed by atoms with van der Waals surface area (Å²) in [7, 11) is 2.18. The van der Waals surface area contributed by atoms with E-state index in [1.165, 1.54) is 52.0 Å². The van der Waals surface area contributed by atoms with Crippen LogP contribution in [0.5, 0.6) is 23.0 Å². The second kappa shape index (κ2) is 11.7. The molecule has 56 heavy (non-hydrogen) atoms. The molecule has 8 atom stereocenters. The number of carbonyl (C=O) groups is 6. The fourth-order valence-electron chi connectivity index (χ4n) is 8.59. The van der Waals surface area contributed by atoms with Gasteiger partial charge in [-0.25, -0.2) is 0 Å². The molecule has 0 bridgehead atoms. The molecule has 2 aromatic carbocycles. The first-order chi connectivity index (χ1) is 26.3. The quantitative estimate of drug-likeness (QED) is 0.136. The number of epoxide rings is 2. The number of phenols is 2. The Morgan fingerprint density at radius 2 is 0.964 bits per heavy atom. The molecular formula is C38H34O18. The Labute approximate surface area is 316 Å². The van der Waals surface area contributed by atoms with E-state index in [9.17, 15) is 49.2 Å². The van der Waals surface area contributed by atoms with E-state index < -0.39 is 118 Å². The molecule has 2 saturated heterocycles. The molecular weight excluding hydrogens is 744 g/mol. The van der Waals surface area contributed by atoms with Crippen molar-refractivity contribution in [3.8, 4) is 34.1 Å². The van der Waals surface area contributed by atoms with Crippen LogP contribution in [-0.4, -0.2) is 117 Å². The van der Waals surface area contributed by atoms with E-state index in [0.29, 0.717) is 0 Å². The van der Waals surface area contributed by atoms with Gasteiger partial charge in [0.1, 0.15) is 69.7 Å². The van der Waals surface area contributed by atoms with Crippen molar-refractivity contribution in [1.29, 1.82) is 0 Å². The topological polar surface area (TPSA) is 264 Å². The highest BCUT2D eigenvalue weighted by Gasteiger charge is 2.77. The van der Waals surface area contributed by atoms with Crippen LogP contribution in [0.25, 0.3) is 22.6 Å². The molecule has 0 unspecified atom stereocenters. The first kappa shape index (κ1) is 36.8. The van der Waals surface area contributed by atoms with Gasteiger partial charge in [0, 0.05) is 11.1 Å². The maximum Gasteiger partial charge on any atom is 0.317 e. The van der Waals surface area contributed by atoms with Gasteiger partial charge in [0.15, 0.2) is 47.2 Å². The Morgan fingerprint density at radius 3 is 1.30 bits per heavy atom. The van der Waals surface area contributed by atoms with Crippen LogP contribution in [0.2, 0.25) is 0 Å². The Kier molecular flexibility index (Phi) is 7.68. The van der Waals surface area contributed by atoms with Gasteiger partial charge in [-0.2, -0.15) is 0 Å². The lowest BCUT2D eigenvalue weighted by molar-refractivity contribution is -0.171. The van der Waals surface area contributed by atoms with Gasteiger partial charge >= 0.3 is 23.9 Å². The van der Waals surface area contributed by atoms with E-state index in [1.807, 2.05) is 0 Å². The average Bonchev–Trinajstić information content (AvgIpc) is 4.03. The van der Waals surface area contributed by atoms with E-state index in [4.69, 9.17) is 28.4 Å².